The summed E-state index contributed by atoms with van der Waals surface area (Å²) >= 11 is 0. The molecule has 0 amide bonds. The predicted octanol–water partition coefficient (Wildman–Crippen LogP) is 1.57. The van der Waals surface area contributed by atoms with E-state index in [9.17, 15) is 9.59 Å². The van der Waals surface area contributed by atoms with Crippen molar-refractivity contribution in [2.24, 2.45) is 0 Å². The molecule has 0 radical (unpaired) electrons. The Morgan fingerprint density at radius 1 is 1.17 bits per heavy atom. The first-order valence-corrected chi connectivity index (χ1v) is 6.96. The molecule has 0 unspecified atom stereocenters. The minimum atomic E-state index is -0.715. The molecule has 0 saturated heterocycles. The molecule has 0 atom stereocenters. The maximum Gasteiger partial charge on any atom is 0.267 e. The topological polar surface area (TPSA) is 115 Å². The maximum atomic E-state index is 11.9. The van der Waals surface area contributed by atoms with Gasteiger partial charge in [0.25, 0.3) is 5.78 Å². The van der Waals surface area contributed by atoms with Gasteiger partial charge in [0, 0.05) is 18.5 Å². The van der Waals surface area contributed by atoms with Crippen molar-refractivity contribution >= 4 is 17.3 Å². The van der Waals surface area contributed by atoms with Crippen LogP contribution in [0, 0.1) is 0 Å². The van der Waals surface area contributed by atoms with Crippen LogP contribution in [0.4, 0.5) is 5.69 Å². The molecule has 0 spiro atoms. The molecule has 7 heteroatoms. The number of carbonyl (C=O) groups excluding carboxylic acids is 2. The molecule has 3 N–H and O–H groups in total. The Bertz CT molecular complexity index is 819. The Morgan fingerprint density at radius 2 is 1.96 bits per heavy atom. The van der Waals surface area contributed by atoms with E-state index >= 15 is 0 Å². The van der Waals surface area contributed by atoms with Crippen molar-refractivity contribution in [1.82, 2.24) is 15.2 Å². The lowest BCUT2D eigenvalue weighted by molar-refractivity contribution is -0.114. The molecule has 3 aromatic rings. The van der Waals surface area contributed by atoms with Gasteiger partial charge in [-0.15, -0.1) is 5.10 Å². The molecule has 0 aliphatic carbocycles. The van der Waals surface area contributed by atoms with Crippen LogP contribution in [-0.4, -0.2) is 26.7 Å². The van der Waals surface area contributed by atoms with E-state index in [2.05, 4.69) is 15.2 Å². The second-order valence-corrected chi connectivity index (χ2v) is 5.09. The van der Waals surface area contributed by atoms with Crippen LogP contribution in [0.1, 0.15) is 27.5 Å². The molecule has 3 rings (SSSR count). The van der Waals surface area contributed by atoms with Crippen LogP contribution in [0.3, 0.4) is 0 Å². The summed E-state index contributed by atoms with van der Waals surface area (Å²) in [5, 5.41) is 6.01. The van der Waals surface area contributed by atoms with Gasteiger partial charge in [-0.3, -0.25) is 14.7 Å². The van der Waals surface area contributed by atoms with Gasteiger partial charge in [-0.2, -0.15) is 0 Å². The van der Waals surface area contributed by atoms with Crippen molar-refractivity contribution in [3.05, 3.63) is 65.6 Å². The van der Waals surface area contributed by atoms with Crippen LogP contribution in [0.5, 0.6) is 0 Å². The number of aromatic amines is 1. The lowest BCUT2D eigenvalue weighted by atomic mass is 10.1. The fraction of sp³-hybridized carbons (Fsp3) is 0.125. The van der Waals surface area contributed by atoms with Crippen LogP contribution < -0.4 is 5.73 Å². The molecular weight excluding hydrogens is 296 g/mol. The van der Waals surface area contributed by atoms with E-state index in [0.717, 1.165) is 5.56 Å². The van der Waals surface area contributed by atoms with E-state index in [1.54, 1.807) is 6.07 Å². The Kier molecular flexibility index (Phi) is 4.01. The molecule has 0 bridgehead atoms. The molecule has 2 heterocycles. The fourth-order valence-electron chi connectivity index (χ4n) is 2.16. The molecule has 0 aliphatic heterocycles. The second-order valence-electron chi connectivity index (χ2n) is 5.09. The molecule has 0 fully saturated rings. The van der Waals surface area contributed by atoms with E-state index in [1.807, 2.05) is 24.3 Å². The van der Waals surface area contributed by atoms with Gasteiger partial charge in [0.1, 0.15) is 12.1 Å². The summed E-state index contributed by atoms with van der Waals surface area (Å²) in [5.41, 5.74) is 8.03. The van der Waals surface area contributed by atoms with Gasteiger partial charge in [-0.05, 0) is 29.3 Å². The molecule has 0 aliphatic rings. The van der Waals surface area contributed by atoms with E-state index < -0.39 is 11.6 Å². The van der Waals surface area contributed by atoms with Crippen LogP contribution >= 0.6 is 0 Å². The van der Waals surface area contributed by atoms with E-state index in [0.29, 0.717) is 23.4 Å². The number of aromatic nitrogens is 3. The number of carbonyl (C=O) groups is 2. The number of nitrogen functional groups attached to an aromatic ring is 1. The molecule has 0 saturated carbocycles. The molecule has 2 aromatic heterocycles. The number of hydrogen-bond donors (Lipinski definition) is 2. The van der Waals surface area contributed by atoms with Crippen LogP contribution in [0.15, 0.2) is 47.3 Å². The largest absolute Gasteiger partial charge is 0.469 e. The standard InChI is InChI=1S/C16H14N4O3/c17-12-3-1-10(2-4-12)5-13-6-11(8-23-13)7-14(21)15(22)16-18-9-19-20-16/h1-4,6,8-9H,5,7,17H2,(H,18,19,20). The van der Waals surface area contributed by atoms with Gasteiger partial charge in [0.2, 0.25) is 11.6 Å². The zero-order chi connectivity index (χ0) is 16.2. The van der Waals surface area contributed by atoms with E-state index in [1.165, 1.54) is 12.6 Å². The highest BCUT2D eigenvalue weighted by molar-refractivity contribution is 6.43. The first-order valence-electron chi connectivity index (χ1n) is 6.96. The van der Waals surface area contributed by atoms with Crippen molar-refractivity contribution in [2.75, 3.05) is 5.73 Å². The maximum absolute atomic E-state index is 11.9. The average molecular weight is 310 g/mol. The summed E-state index contributed by atoms with van der Waals surface area (Å²) in [7, 11) is 0. The number of nitrogens with zero attached hydrogens (tertiary/aromatic N) is 2. The van der Waals surface area contributed by atoms with Crippen molar-refractivity contribution in [1.29, 1.82) is 0 Å². The first kappa shape index (κ1) is 14.7. The first-order chi connectivity index (χ1) is 11.1. The van der Waals surface area contributed by atoms with Gasteiger partial charge in [-0.25, -0.2) is 4.98 Å². The van der Waals surface area contributed by atoms with Gasteiger partial charge in [0.15, 0.2) is 0 Å². The third-order valence-electron chi connectivity index (χ3n) is 3.30. The number of nitrogens with two attached hydrogens (primary N) is 1. The van der Waals surface area contributed by atoms with Crippen molar-refractivity contribution < 1.29 is 14.0 Å². The van der Waals surface area contributed by atoms with Crippen LogP contribution in [0.25, 0.3) is 0 Å². The van der Waals surface area contributed by atoms with Crippen molar-refractivity contribution in [3.63, 3.8) is 0 Å². The third-order valence-corrected chi connectivity index (χ3v) is 3.30. The molecule has 116 valence electrons. The number of H-pyrrole nitrogens is 1. The SMILES string of the molecule is Nc1ccc(Cc2cc(CC(=O)C(=O)c3nc[nH]n3)co2)cc1. The minimum Gasteiger partial charge on any atom is -0.469 e. The lowest BCUT2D eigenvalue weighted by Crippen LogP contribution is -2.17. The summed E-state index contributed by atoms with van der Waals surface area (Å²) in [6.45, 7) is 0. The highest BCUT2D eigenvalue weighted by atomic mass is 16.3. The highest BCUT2D eigenvalue weighted by Gasteiger charge is 2.20. The van der Waals surface area contributed by atoms with E-state index in [4.69, 9.17) is 10.2 Å². The normalized spacial score (nSPS) is 10.6. The summed E-state index contributed by atoms with van der Waals surface area (Å²) < 4.78 is 5.44. The summed E-state index contributed by atoms with van der Waals surface area (Å²) in [6.07, 6.45) is 3.28. The van der Waals surface area contributed by atoms with Gasteiger partial charge >= 0.3 is 0 Å². The van der Waals surface area contributed by atoms with Gasteiger partial charge in [-0.1, -0.05) is 12.1 Å². The molecule has 1 aromatic carbocycles. The summed E-state index contributed by atoms with van der Waals surface area (Å²) in [4.78, 5) is 27.4. The van der Waals surface area contributed by atoms with Gasteiger partial charge < -0.3 is 10.2 Å². The lowest BCUT2D eigenvalue weighted by Gasteiger charge is -1.98. The number of hydrogen-bond acceptors (Lipinski definition) is 6. The number of furan rings is 1. The molecule has 23 heavy (non-hydrogen) atoms. The average Bonchev–Trinajstić information content (AvgIpc) is 3.21. The Labute approximate surface area is 131 Å². The fourth-order valence-corrected chi connectivity index (χ4v) is 2.16. The molecule has 7 nitrogen and oxygen atoms in total. The smallest absolute Gasteiger partial charge is 0.267 e. The van der Waals surface area contributed by atoms with E-state index in [-0.39, 0.29) is 12.2 Å². The number of nitrogens with one attached hydrogen (secondary N) is 1. The number of anilines is 1. The number of ketones is 2. The quantitative estimate of drug-likeness (QED) is 0.405. The second kappa shape index (κ2) is 6.27. The van der Waals surface area contributed by atoms with Crippen LogP contribution in [-0.2, 0) is 17.6 Å². The highest BCUT2D eigenvalue weighted by Crippen LogP contribution is 2.15. The number of benzene rings is 1. The number of rotatable bonds is 6. The zero-order valence-electron chi connectivity index (χ0n) is 12.2. The summed E-state index contributed by atoms with van der Waals surface area (Å²) in [6, 6.07) is 9.22. The Hall–Kier alpha value is -3.22. The monoisotopic (exact) mass is 310 g/mol. The van der Waals surface area contributed by atoms with Crippen molar-refractivity contribution in [2.45, 2.75) is 12.8 Å². The zero-order valence-corrected chi connectivity index (χ0v) is 12.2. The molecular formula is C16H14N4O3. The summed E-state index contributed by atoms with van der Waals surface area (Å²) in [5.74, 6) is -0.708. The number of Topliss-reactive ketones (excluding diaryl/α,β-unsaturated/α-hetero) is 2. The van der Waals surface area contributed by atoms with Crippen LogP contribution in [0.2, 0.25) is 0 Å². The van der Waals surface area contributed by atoms with Gasteiger partial charge in [0.05, 0.1) is 6.26 Å². The Morgan fingerprint density at radius 3 is 2.65 bits per heavy atom. The predicted molar refractivity (Wildman–Crippen MR) is 81.8 cm³/mol. The minimum absolute atomic E-state index is 0.0430. The third kappa shape index (κ3) is 3.52. The Balaban J connectivity index is 1.64. The van der Waals surface area contributed by atoms with Crippen molar-refractivity contribution in [3.8, 4) is 0 Å².